The van der Waals surface area contributed by atoms with Gasteiger partial charge in [-0.05, 0) is 0 Å². The molecule has 0 spiro atoms. The molecule has 0 fully saturated rings. The van der Waals surface area contributed by atoms with E-state index >= 15 is 0 Å². The summed E-state index contributed by atoms with van der Waals surface area (Å²) in [4.78, 5) is 0. The van der Waals surface area contributed by atoms with Gasteiger partial charge in [-0.25, -0.2) is 0 Å². The summed E-state index contributed by atoms with van der Waals surface area (Å²) in [5.41, 5.74) is 0. The topological polar surface area (TPSA) is 9.23 Å². The Morgan fingerprint density at radius 1 is 1.38 bits per heavy atom. The fraction of sp³-hybridized carbons (Fsp3) is 1.00. The molecular weight excluding hydrogens is 207 g/mol. The minimum absolute atomic E-state index is 0.800. The Kier molecular flexibility index (Phi) is 6.45. The van der Waals surface area contributed by atoms with Crippen LogP contribution in [-0.2, 0) is 3.07 Å². The average molecular weight is 220 g/mol. The van der Waals surface area contributed by atoms with E-state index in [1.165, 1.54) is 35.8 Å². The second-order valence-corrected chi connectivity index (χ2v) is 2.82. The molecule has 47 valence electrons. The molecule has 0 aromatic carbocycles. The fourth-order valence-corrected chi connectivity index (χ4v) is 1.31. The van der Waals surface area contributed by atoms with Crippen LogP contribution in [0.3, 0.4) is 0 Å². The van der Waals surface area contributed by atoms with E-state index in [0.29, 0.717) is 0 Å². The van der Waals surface area contributed by atoms with E-state index in [1.807, 2.05) is 0 Å². The first-order valence-corrected chi connectivity index (χ1v) is 4.30. The van der Waals surface area contributed by atoms with Crippen molar-refractivity contribution in [1.82, 2.24) is 0 Å². The van der Waals surface area contributed by atoms with Crippen LogP contribution in [0.15, 0.2) is 0 Å². The van der Waals surface area contributed by atoms with Crippen LogP contribution in [0.1, 0.15) is 26.7 Å². The third kappa shape index (κ3) is 3.72. The van der Waals surface area contributed by atoms with Crippen molar-refractivity contribution < 1.29 is 3.07 Å². The van der Waals surface area contributed by atoms with Gasteiger partial charge in [0.2, 0.25) is 0 Å². The van der Waals surface area contributed by atoms with Crippen molar-refractivity contribution in [3.63, 3.8) is 0 Å². The van der Waals surface area contributed by atoms with Gasteiger partial charge in [-0.2, -0.15) is 0 Å². The molecule has 8 heavy (non-hydrogen) atoms. The summed E-state index contributed by atoms with van der Waals surface area (Å²) in [5.74, 6) is 0.800. The molecule has 0 bridgehead atoms. The maximum absolute atomic E-state index is 5.08. The molecular formula is C6H13OSn. The monoisotopic (exact) mass is 221 g/mol. The molecule has 0 atom stereocenters. The molecule has 0 saturated heterocycles. The van der Waals surface area contributed by atoms with Gasteiger partial charge in [-0.15, -0.1) is 0 Å². The van der Waals surface area contributed by atoms with Gasteiger partial charge in [0.05, 0.1) is 0 Å². The van der Waals surface area contributed by atoms with E-state index in [0.717, 1.165) is 12.5 Å². The zero-order valence-electron chi connectivity index (χ0n) is 5.61. The van der Waals surface area contributed by atoms with Crippen molar-refractivity contribution in [2.75, 3.05) is 6.61 Å². The zero-order valence-corrected chi connectivity index (χ0v) is 8.46. The van der Waals surface area contributed by atoms with Crippen molar-refractivity contribution in [3.8, 4) is 0 Å². The zero-order chi connectivity index (χ0) is 6.41. The van der Waals surface area contributed by atoms with Gasteiger partial charge in [0.25, 0.3) is 0 Å². The van der Waals surface area contributed by atoms with Gasteiger partial charge in [-0.3, -0.25) is 0 Å². The van der Waals surface area contributed by atoms with Gasteiger partial charge >= 0.3 is 65.2 Å². The quantitative estimate of drug-likeness (QED) is 0.652. The third-order valence-electron chi connectivity index (χ3n) is 1.47. The molecule has 0 aliphatic heterocycles. The van der Waals surface area contributed by atoms with Crippen molar-refractivity contribution in [2.45, 2.75) is 26.7 Å². The van der Waals surface area contributed by atoms with Gasteiger partial charge in [0, 0.05) is 0 Å². The van der Waals surface area contributed by atoms with Crippen molar-refractivity contribution in [2.24, 2.45) is 5.92 Å². The van der Waals surface area contributed by atoms with E-state index in [-0.39, 0.29) is 0 Å². The summed E-state index contributed by atoms with van der Waals surface area (Å²) in [6, 6.07) is 0. The predicted octanol–water partition coefficient (Wildman–Crippen LogP) is 1.52. The molecule has 0 amide bonds. The Morgan fingerprint density at radius 3 is 2.00 bits per heavy atom. The van der Waals surface area contributed by atoms with E-state index in [4.69, 9.17) is 3.07 Å². The van der Waals surface area contributed by atoms with Gasteiger partial charge in [0.15, 0.2) is 0 Å². The molecule has 0 aromatic rings. The second kappa shape index (κ2) is 5.89. The molecule has 0 aliphatic rings. The van der Waals surface area contributed by atoms with Crippen LogP contribution in [-0.4, -0.2) is 29.5 Å². The van der Waals surface area contributed by atoms with E-state index in [2.05, 4.69) is 13.8 Å². The van der Waals surface area contributed by atoms with Crippen LogP contribution in [0.25, 0.3) is 0 Å². The van der Waals surface area contributed by atoms with Crippen molar-refractivity contribution in [1.29, 1.82) is 0 Å². The second-order valence-electron chi connectivity index (χ2n) is 1.99. The van der Waals surface area contributed by atoms with Gasteiger partial charge < -0.3 is 0 Å². The number of hydrogen-bond donors (Lipinski definition) is 0. The van der Waals surface area contributed by atoms with Crippen LogP contribution in [0.2, 0.25) is 0 Å². The minimum atomic E-state index is 0.800. The average Bonchev–Trinajstić information content (AvgIpc) is 1.83. The van der Waals surface area contributed by atoms with Crippen LogP contribution in [0.5, 0.6) is 0 Å². The van der Waals surface area contributed by atoms with E-state index in [1.54, 1.807) is 0 Å². The summed E-state index contributed by atoms with van der Waals surface area (Å²) < 4.78 is 5.08. The van der Waals surface area contributed by atoms with Gasteiger partial charge in [0.1, 0.15) is 0 Å². The number of hydrogen-bond acceptors (Lipinski definition) is 1. The first-order valence-electron chi connectivity index (χ1n) is 3.13. The summed E-state index contributed by atoms with van der Waals surface area (Å²) in [7, 11) is 0. The molecule has 2 heteroatoms. The normalized spacial score (nSPS) is 10.5. The molecule has 0 heterocycles. The molecule has 0 N–H and O–H groups in total. The molecule has 0 unspecified atom stereocenters. The van der Waals surface area contributed by atoms with Crippen LogP contribution in [0.4, 0.5) is 0 Å². The molecule has 0 saturated carbocycles. The van der Waals surface area contributed by atoms with E-state index < -0.39 is 0 Å². The van der Waals surface area contributed by atoms with E-state index in [9.17, 15) is 0 Å². The first-order chi connectivity index (χ1) is 3.85. The Bertz CT molecular complexity index is 43.8. The SMILES string of the molecule is CCC(CC)C[O][Sn]. The summed E-state index contributed by atoms with van der Waals surface area (Å²) >= 11 is 1.20. The molecule has 0 aliphatic carbocycles. The summed E-state index contributed by atoms with van der Waals surface area (Å²) in [5, 5.41) is 0. The third-order valence-corrected chi connectivity index (χ3v) is 1.95. The van der Waals surface area contributed by atoms with Crippen LogP contribution in [0, 0.1) is 5.92 Å². The molecule has 0 rings (SSSR count). The van der Waals surface area contributed by atoms with Crippen LogP contribution < -0.4 is 0 Å². The summed E-state index contributed by atoms with van der Waals surface area (Å²) in [6.07, 6.45) is 2.51. The first kappa shape index (κ1) is 8.76. The van der Waals surface area contributed by atoms with Gasteiger partial charge in [-0.1, -0.05) is 0 Å². The predicted molar refractivity (Wildman–Crippen MR) is 35.8 cm³/mol. The van der Waals surface area contributed by atoms with Crippen LogP contribution >= 0.6 is 0 Å². The summed E-state index contributed by atoms with van der Waals surface area (Å²) in [6.45, 7) is 5.39. The Balaban J connectivity index is 3.07. The Hall–Kier alpha value is 0.759. The fourth-order valence-electron chi connectivity index (χ4n) is 0.642. The Morgan fingerprint density at radius 2 is 1.88 bits per heavy atom. The standard InChI is InChI=1S/C6H13O.Sn/c1-3-6(4-2)5-7;/h6H,3-5H2,1-2H3;/q-1;+1. The maximum atomic E-state index is 5.08. The molecule has 1 nitrogen and oxygen atoms in total. The molecule has 0 aromatic heterocycles. The van der Waals surface area contributed by atoms with Crippen molar-refractivity contribution in [3.05, 3.63) is 0 Å². The number of rotatable bonds is 4. The molecule has 3 radical (unpaired) electrons. The Labute approximate surface area is 65.4 Å². The van der Waals surface area contributed by atoms with Crippen molar-refractivity contribution >= 4 is 22.9 Å².